The molecular weight excluding hydrogens is 630 g/mol. The van der Waals surface area contributed by atoms with Crippen LogP contribution in [0.4, 0.5) is 32.0 Å². The number of benzene rings is 1. The van der Waals surface area contributed by atoms with Gasteiger partial charge >= 0.3 is 12.4 Å². The van der Waals surface area contributed by atoms with Crippen LogP contribution in [-0.2, 0) is 21.9 Å². The fraction of sp³-hybridized carbons (Fsp3) is 0.737. The lowest BCUT2D eigenvalue weighted by Gasteiger charge is -2.75. The van der Waals surface area contributed by atoms with E-state index in [0.29, 0.717) is 25.0 Å². The molecular formula is C38H382F6N2O2. The van der Waals surface area contributed by atoms with Crippen molar-refractivity contribution >= 4 is 17.5 Å². The molecule has 0 unspecified atom stereocenters. The quantitative estimate of drug-likeness (QED) is 0.295. The molecule has 48 heavy (non-hydrogen) atoms. The maximum atomic E-state index is 14.5. The van der Waals surface area contributed by atoms with Crippen molar-refractivity contribution in [1.82, 2.24) is 5.32 Å². The van der Waals surface area contributed by atoms with Crippen molar-refractivity contribution < 1.29 is 271 Å². The Hall–Kier alpha value is -2.52. The molecule has 5 rings (SSSR count). The average Bonchev–Trinajstić information content (AvgIpc) is 3.37. The third kappa shape index (κ3) is 4.61. The van der Waals surface area contributed by atoms with Gasteiger partial charge in [-0.1, -0.05) is 61.0 Å². The highest BCUT2D eigenvalue weighted by molar-refractivity contribution is 5.96. The molecule has 0 radical (unpaired) electrons. The van der Waals surface area contributed by atoms with Crippen LogP contribution in [0.2, 0.25) is 0 Å². The lowest BCUT2D eigenvalue weighted by molar-refractivity contribution is -0.255. The van der Waals surface area contributed by atoms with Gasteiger partial charge in [0.05, 0.1) is 16.8 Å². The van der Waals surface area contributed by atoms with Crippen LogP contribution < -0.4 is 10.6 Å². The van der Waals surface area contributed by atoms with Crippen LogP contribution in [0.1, 0.15) is 347 Å². The van der Waals surface area contributed by atoms with Crippen LogP contribution in [0.5, 0.6) is 0 Å². The fourth-order valence-electron chi connectivity index (χ4n) is 12.6. The summed E-state index contributed by atoms with van der Waals surface area (Å²) in [7, 11) is 0. The van der Waals surface area contributed by atoms with Gasteiger partial charge in [-0.25, -0.2) is 0 Å². The molecule has 0 bridgehead atoms. The summed E-state index contributed by atoms with van der Waals surface area (Å²) in [6.45, 7) is 22.6. The molecule has 1 aliphatic heterocycles. The molecule has 1 aromatic carbocycles. The van der Waals surface area contributed by atoms with E-state index in [1.54, 1.807) is 0 Å². The monoisotopic (exact) mass is 1010 g/mol. The van der Waals surface area contributed by atoms with E-state index < -0.39 is 62.8 Å². The molecule has 3 saturated carbocycles. The standard InChI is InChI=1S/C38H52F6N2O2.165H2/c1-18(2)35-22(7)20(5)31(47)45-28(35)17-12-23-25-14-16-27(36(25,19(3)4)34(10,11)33(8,9)30(23)35)32(48)46-29-21(6)24(37(39,40)41)13-15-26(29)38(42,43)44;;;;;;;;;;;;;;;;;;;;;;;;;;;;;;;;;;;;;;;;;;;;;;;;;;;;;;;;;;;;;;;;;;;;;;;;;;;;;;;;;;;;;;;;;;;;;;;;;;;;;;;;;;;;;;;;;;;;;;;;;;;;;;;;;;;;;;;;;;;;;;;;;;;;;;;;;;;;;;;;;;;;;/h13,15,18-19,23,25,27-28,30H,12,14,16-17H2,1-11H3,(H,45,47)(H,46,48);165*1H/t23-,25-,27+,28+,30+,35-,36-;;;;;;;;;;;;;;;;;;;;;;;;;;;;;;;;;;;;;;;;;;;;;;;;;;;;;;;;;;;;;;;;;;;;;;;;;;;;;;;;;;;;;;;;;;;;;;;;;;;;;;;;;;;;;;;;;;;;;;;;;;;;;;;;;;;;;;;;;;;;;;;;;;;;;;;;;;;;;;;;;;;;;/m0...................................................................................................................................................................../s1. The van der Waals surface area contributed by atoms with E-state index in [0.717, 1.165) is 30.9 Å². The molecule has 4 aliphatic rings. The summed E-state index contributed by atoms with van der Waals surface area (Å²) in [6, 6.07) is 0.820. The van der Waals surface area contributed by atoms with Gasteiger partial charge in [0.2, 0.25) is 11.8 Å². The smallest absolute Gasteiger partial charge is 0.349 e. The predicted octanol–water partition coefficient (Wildman–Crippen LogP) is 50.8. The van der Waals surface area contributed by atoms with Crippen LogP contribution in [0.15, 0.2) is 23.3 Å². The minimum absolute atomic E-state index is 0. The van der Waals surface area contributed by atoms with E-state index in [9.17, 15) is 35.9 Å². The fourth-order valence-corrected chi connectivity index (χ4v) is 12.6. The van der Waals surface area contributed by atoms with E-state index in [4.69, 9.17) is 0 Å². The number of anilines is 1. The summed E-state index contributed by atoms with van der Waals surface area (Å²) in [4.78, 5) is 27.6. The van der Waals surface area contributed by atoms with Crippen LogP contribution in [0.3, 0.4) is 0 Å². The highest BCUT2D eigenvalue weighted by Gasteiger charge is 2.76. The Labute approximate surface area is 526 Å². The van der Waals surface area contributed by atoms with E-state index in [1.807, 2.05) is 6.92 Å². The average molecular weight is 1020 g/mol. The Morgan fingerprint density at radius 3 is 1.96 bits per heavy atom. The molecule has 1 heterocycles. The van der Waals surface area contributed by atoms with E-state index in [1.165, 1.54) is 0 Å². The second-order valence-corrected chi connectivity index (χ2v) is 16.9. The van der Waals surface area contributed by atoms with Crippen LogP contribution in [0, 0.1) is 64.1 Å². The number of carbonyl (C=O) groups is 2. The Morgan fingerprint density at radius 2 is 1.44 bits per heavy atom. The zero-order valence-corrected chi connectivity index (χ0v) is 30.1. The molecule has 2 N–H and O–H groups in total. The number of halogens is 6. The number of carbonyl (C=O) groups excluding carboxylic acids is 2. The number of amides is 2. The SMILES string of the molecule is CC1=C(C)[C@]2(C(C)C)[C@@H]3[C@@H](CC[C@H]2NC1=O)[C@@H]1CC[C@H](C(=O)Nc2c(C(F)(F)F)ccc(C(F)(F)F)c2C)[C@@]1(C(C)C)C(C)(C)C3(C)C.[HH].[HH].[HH].[HH].[HH].[HH].[HH].[HH].[HH].[HH].[HH].[HH].[HH].[HH].[HH].[HH].[HH].[HH].[HH].[HH].[HH].[HH].[HH].[HH].[HH].[HH].[HH].[HH].[HH].[HH].[HH].[HH].[HH].[HH].[HH].[HH].[HH].[HH].[HH].[HH].[HH].[HH].[HH].[HH].[HH].[HH].[HH].[HH].[HH].[HH].[HH].[HH].[HH].[HH].[HH].[HH].[HH].[HH].[HH].[HH].[HH].[HH].[HH].[HH].[HH].[HH].[HH].[HH].[HH].[HH].[HH].[HH].[HH].[HH].[HH].[HH].[HH].[HH].[HH].[HH].[HH].[HH].[HH].[HH].[HH].[HH].[HH].[HH].[HH].[HH].[HH].[HH].[HH].[HH].[HH].[HH].[HH].[HH].[HH].[HH].[HH].[HH].[HH].[HH].[HH].[HH].[HH].[HH].[HH].[HH].[HH].[HH].[HH].[HH].[HH].[HH].[HH].[HH].[HH].[HH].[HH].[HH].[HH].[HH].[HH].[HH].[HH].[HH].[HH].[HH].[HH].[HH].[HH].[HH].[HH].[HH].[HH].[HH].[HH].[HH].[HH].[HH].[HH].[HH].[HH].[HH].[HH].[HH].[HH].[HH].[HH].[HH].[HH].[HH].[HH].[HH].[HH].[HH].[HH].[HH].[HH].[HH].[HH].[HH].[HH]. The molecule has 1 aromatic rings. The summed E-state index contributed by atoms with van der Waals surface area (Å²) in [5.74, 6) is -0.905. The molecule has 0 spiro atoms. The molecule has 4 nitrogen and oxygen atoms in total. The summed E-state index contributed by atoms with van der Waals surface area (Å²) >= 11 is 0. The maximum Gasteiger partial charge on any atom is 0.418 e. The van der Waals surface area contributed by atoms with Crippen molar-refractivity contribution in [2.45, 2.75) is 120 Å². The van der Waals surface area contributed by atoms with Gasteiger partial charge in [-0.2, -0.15) is 26.3 Å². The summed E-state index contributed by atoms with van der Waals surface area (Å²) < 4.78 is 84.3. The third-order valence-electron chi connectivity index (χ3n) is 14.7. The van der Waals surface area contributed by atoms with Gasteiger partial charge in [-0.15, -0.1) is 0 Å². The van der Waals surface area contributed by atoms with Crippen molar-refractivity contribution in [3.05, 3.63) is 40.0 Å². The number of rotatable bonds is 4. The Bertz CT molecular complexity index is 1700. The van der Waals surface area contributed by atoms with E-state index >= 15 is 0 Å². The highest BCUT2D eigenvalue weighted by atomic mass is 19.4. The van der Waals surface area contributed by atoms with Crippen molar-refractivity contribution in [2.24, 2.45) is 57.2 Å². The first-order chi connectivity index (χ1) is 21.8. The number of fused-ring (bicyclic) bond motifs is 5. The van der Waals surface area contributed by atoms with Crippen LogP contribution in [0.25, 0.3) is 0 Å². The number of nitrogens with one attached hydrogen (secondary N) is 2. The lowest BCUT2D eigenvalue weighted by atomic mass is 9.30. The normalized spacial score (nSPS) is 34.5. The topological polar surface area (TPSA) is 58.2 Å². The Morgan fingerprint density at radius 1 is 0.875 bits per heavy atom. The molecule has 598 valence electrons. The van der Waals surface area contributed by atoms with Gasteiger partial charge in [0.25, 0.3) is 0 Å². The van der Waals surface area contributed by atoms with Gasteiger partial charge in [0, 0.05) is 258 Å². The maximum absolute atomic E-state index is 14.5. The van der Waals surface area contributed by atoms with Crippen LogP contribution in [-0.4, -0.2) is 17.9 Å². The van der Waals surface area contributed by atoms with Gasteiger partial charge in [0.1, 0.15) is 0 Å². The summed E-state index contributed by atoms with van der Waals surface area (Å²) in [6.07, 6.45) is -7.10. The minimum Gasteiger partial charge on any atom is -0.349 e. The molecule has 3 aliphatic carbocycles. The third-order valence-corrected chi connectivity index (χ3v) is 14.7. The molecule has 0 saturated heterocycles. The van der Waals surface area contributed by atoms with Gasteiger partial charge in [-0.3, -0.25) is 9.59 Å². The predicted molar refractivity (Wildman–Crippen MR) is 523 cm³/mol. The summed E-state index contributed by atoms with van der Waals surface area (Å²) in [5.41, 5.74) is -4.04. The largest absolute Gasteiger partial charge is 0.418 e. The minimum atomic E-state index is -4.96. The first kappa shape index (κ1) is 36.8. The van der Waals surface area contributed by atoms with Gasteiger partial charge in [0.15, 0.2) is 0 Å². The van der Waals surface area contributed by atoms with Crippen molar-refractivity contribution in [2.75, 3.05) is 5.32 Å². The number of hydrogen-bond acceptors (Lipinski definition) is 2. The second-order valence-electron chi connectivity index (χ2n) is 16.9. The molecule has 3 fully saturated rings. The van der Waals surface area contributed by atoms with Crippen molar-refractivity contribution in [3.63, 3.8) is 0 Å². The highest BCUT2D eigenvalue weighted by Crippen LogP contribution is 2.79. The molecule has 10 heteroatoms. The lowest BCUT2D eigenvalue weighted by Crippen LogP contribution is -2.73. The molecule has 0 aromatic heterocycles. The Balaban J connectivity index is -0.00000000103. The number of alkyl halides is 6. The van der Waals surface area contributed by atoms with E-state index in [-0.39, 0.29) is 282 Å². The molecule has 7 atom stereocenters. The zero-order chi connectivity index (χ0) is 36.3. The van der Waals surface area contributed by atoms with Gasteiger partial charge < -0.3 is 10.6 Å². The molecule has 2 amide bonds. The van der Waals surface area contributed by atoms with Crippen molar-refractivity contribution in [1.29, 1.82) is 0 Å². The summed E-state index contributed by atoms with van der Waals surface area (Å²) in [5, 5.41) is 5.83. The van der Waals surface area contributed by atoms with Crippen molar-refractivity contribution in [3.8, 4) is 0 Å². The van der Waals surface area contributed by atoms with Gasteiger partial charge in [-0.05, 0) is 110 Å². The first-order valence-corrected chi connectivity index (χ1v) is 17.4. The number of hydrogen-bond donors (Lipinski definition) is 2. The first-order valence-electron chi connectivity index (χ1n) is 17.4. The van der Waals surface area contributed by atoms with E-state index in [2.05, 4.69) is 72.9 Å². The van der Waals surface area contributed by atoms with Crippen LogP contribution >= 0.6 is 0 Å². The second kappa shape index (κ2) is 11.2. The zero-order valence-electron chi connectivity index (χ0n) is 30.1. The Kier molecular flexibility index (Phi) is 8.61.